The minimum absolute atomic E-state index is 0.115. The highest BCUT2D eigenvalue weighted by atomic mass is 19.1. The van der Waals surface area contributed by atoms with Gasteiger partial charge >= 0.3 is 0 Å². The van der Waals surface area contributed by atoms with Crippen molar-refractivity contribution in [3.8, 4) is 45.7 Å². The number of benzene rings is 1. The normalized spacial score (nSPS) is 11.4. The predicted octanol–water partition coefficient (Wildman–Crippen LogP) is 3.05. The minimum atomic E-state index is -0.519. The molecule has 0 aliphatic heterocycles. The number of aryl methyl sites for hydroxylation is 2. The zero-order chi connectivity index (χ0) is 21.7. The number of nitrogens with zero attached hydrogens (tertiary/aromatic N) is 7. The molecule has 0 unspecified atom stereocenters. The van der Waals surface area contributed by atoms with Gasteiger partial charge in [-0.15, -0.1) is 5.10 Å². The SMILES string of the molecule is COc1cccc(-c2cn3nc(-c4nccn4C)nc(O)c3c2-c2ccn(C)n2)c1F. The fraction of sp³-hybridized carbons (Fsp3) is 0.143. The number of imidazole rings is 1. The smallest absolute Gasteiger partial charge is 0.240 e. The summed E-state index contributed by atoms with van der Waals surface area (Å²) in [5.74, 6) is 0.0546. The first-order chi connectivity index (χ1) is 15.0. The Balaban J connectivity index is 1.85. The molecule has 1 N–H and O–H groups in total. The van der Waals surface area contributed by atoms with Crippen LogP contribution in [-0.2, 0) is 14.1 Å². The second-order valence-corrected chi connectivity index (χ2v) is 7.03. The maximum Gasteiger partial charge on any atom is 0.240 e. The standard InChI is InChI=1S/C21H18FN7O2/c1-27-10-8-23-20(27)19-24-21(30)18-16(14-7-9-28(2)25-14)13(11-29(18)26-19)12-5-4-6-15(31-3)17(12)22/h4-11H,1-3H3,(H,24,26,30). The quantitative estimate of drug-likeness (QED) is 0.481. The summed E-state index contributed by atoms with van der Waals surface area (Å²) in [6.07, 6.45) is 6.79. The molecule has 5 aromatic rings. The van der Waals surface area contributed by atoms with Gasteiger partial charge in [0.05, 0.1) is 12.8 Å². The lowest BCUT2D eigenvalue weighted by atomic mass is 10.0. The molecule has 10 heteroatoms. The van der Waals surface area contributed by atoms with Gasteiger partial charge in [0.25, 0.3) is 0 Å². The Bertz CT molecular complexity index is 1430. The summed E-state index contributed by atoms with van der Waals surface area (Å²) in [5.41, 5.74) is 2.16. The van der Waals surface area contributed by atoms with E-state index in [4.69, 9.17) is 4.74 Å². The highest BCUT2D eigenvalue weighted by Crippen LogP contribution is 2.41. The average Bonchev–Trinajstić information content (AvgIpc) is 3.46. The van der Waals surface area contributed by atoms with Crippen LogP contribution in [0.1, 0.15) is 0 Å². The Morgan fingerprint density at radius 2 is 1.90 bits per heavy atom. The Labute approximate surface area is 176 Å². The number of ether oxygens (including phenoxy) is 1. The van der Waals surface area contributed by atoms with Crippen molar-refractivity contribution in [1.82, 2.24) is 33.9 Å². The van der Waals surface area contributed by atoms with Crippen LogP contribution in [0.15, 0.2) is 49.1 Å². The van der Waals surface area contributed by atoms with E-state index < -0.39 is 5.82 Å². The van der Waals surface area contributed by atoms with E-state index in [9.17, 15) is 5.11 Å². The second kappa shape index (κ2) is 6.94. The topological polar surface area (TPSA) is 95.3 Å². The van der Waals surface area contributed by atoms with Gasteiger partial charge in [0, 0.05) is 55.6 Å². The lowest BCUT2D eigenvalue weighted by Crippen LogP contribution is -2.02. The van der Waals surface area contributed by atoms with Gasteiger partial charge < -0.3 is 14.4 Å². The maximum atomic E-state index is 15.2. The summed E-state index contributed by atoms with van der Waals surface area (Å²) in [7, 11) is 5.00. The summed E-state index contributed by atoms with van der Waals surface area (Å²) < 4.78 is 25.2. The Morgan fingerprint density at radius 1 is 1.06 bits per heavy atom. The molecule has 0 aliphatic carbocycles. The van der Waals surface area contributed by atoms with Crippen molar-refractivity contribution < 1.29 is 14.2 Å². The number of halogens is 1. The molecule has 1 aromatic carbocycles. The first kappa shape index (κ1) is 18.8. The zero-order valence-electron chi connectivity index (χ0n) is 17.0. The van der Waals surface area contributed by atoms with Gasteiger partial charge in [-0.2, -0.15) is 10.1 Å². The van der Waals surface area contributed by atoms with Crippen LogP contribution in [-0.4, -0.2) is 46.1 Å². The van der Waals surface area contributed by atoms with E-state index in [1.165, 1.54) is 11.6 Å². The van der Waals surface area contributed by atoms with Crippen molar-refractivity contribution in [1.29, 1.82) is 0 Å². The number of fused-ring (bicyclic) bond motifs is 1. The molecular weight excluding hydrogens is 401 g/mol. The number of hydrogen-bond acceptors (Lipinski definition) is 6. The van der Waals surface area contributed by atoms with Gasteiger partial charge in [-0.3, -0.25) is 4.68 Å². The molecule has 0 atom stereocenters. The molecule has 0 fully saturated rings. The van der Waals surface area contributed by atoms with E-state index in [0.29, 0.717) is 33.7 Å². The summed E-state index contributed by atoms with van der Waals surface area (Å²) in [4.78, 5) is 8.49. The molecule has 0 saturated heterocycles. The van der Waals surface area contributed by atoms with Crippen molar-refractivity contribution in [2.45, 2.75) is 0 Å². The van der Waals surface area contributed by atoms with E-state index in [0.717, 1.165) is 0 Å². The van der Waals surface area contributed by atoms with Gasteiger partial charge in [-0.05, 0) is 12.1 Å². The van der Waals surface area contributed by atoms with Crippen LogP contribution < -0.4 is 4.74 Å². The third-order valence-corrected chi connectivity index (χ3v) is 5.08. The molecule has 0 radical (unpaired) electrons. The number of aromatic hydroxyl groups is 1. The van der Waals surface area contributed by atoms with Crippen molar-refractivity contribution in [3.63, 3.8) is 0 Å². The lowest BCUT2D eigenvalue weighted by molar-refractivity contribution is 0.387. The van der Waals surface area contributed by atoms with Crippen LogP contribution in [0.25, 0.3) is 39.5 Å². The van der Waals surface area contributed by atoms with Crippen molar-refractivity contribution in [2.24, 2.45) is 14.1 Å². The molecule has 4 aromatic heterocycles. The molecule has 0 spiro atoms. The first-order valence-electron chi connectivity index (χ1n) is 9.41. The predicted molar refractivity (Wildman–Crippen MR) is 111 cm³/mol. The number of hydrogen-bond donors (Lipinski definition) is 1. The Morgan fingerprint density at radius 3 is 2.58 bits per heavy atom. The molecule has 9 nitrogen and oxygen atoms in total. The Kier molecular flexibility index (Phi) is 4.21. The number of aromatic nitrogens is 7. The van der Waals surface area contributed by atoms with E-state index in [1.54, 1.807) is 72.4 Å². The molecule has 5 rings (SSSR count). The second-order valence-electron chi connectivity index (χ2n) is 7.03. The fourth-order valence-electron chi connectivity index (χ4n) is 3.63. The summed E-state index contributed by atoms with van der Waals surface area (Å²) in [6.45, 7) is 0. The molecule has 31 heavy (non-hydrogen) atoms. The van der Waals surface area contributed by atoms with Crippen LogP contribution in [0.3, 0.4) is 0 Å². The fourth-order valence-corrected chi connectivity index (χ4v) is 3.63. The highest BCUT2D eigenvalue weighted by Gasteiger charge is 2.25. The highest BCUT2D eigenvalue weighted by molar-refractivity contribution is 5.95. The van der Waals surface area contributed by atoms with Crippen molar-refractivity contribution in [2.75, 3.05) is 7.11 Å². The van der Waals surface area contributed by atoms with E-state index >= 15 is 4.39 Å². The van der Waals surface area contributed by atoms with Crippen LogP contribution in [0.5, 0.6) is 11.6 Å². The molecule has 0 aliphatic rings. The first-order valence-corrected chi connectivity index (χ1v) is 9.41. The molecule has 4 heterocycles. The molecule has 0 amide bonds. The van der Waals surface area contributed by atoms with Gasteiger partial charge in [-0.25, -0.2) is 13.9 Å². The van der Waals surface area contributed by atoms with Gasteiger partial charge in [0.15, 0.2) is 17.4 Å². The van der Waals surface area contributed by atoms with Gasteiger partial charge in [-0.1, -0.05) is 12.1 Å². The number of rotatable bonds is 4. The molecule has 0 saturated carbocycles. The van der Waals surface area contributed by atoms with E-state index in [1.807, 2.05) is 0 Å². The van der Waals surface area contributed by atoms with Crippen LogP contribution in [0, 0.1) is 5.82 Å². The van der Waals surface area contributed by atoms with Gasteiger partial charge in [0.2, 0.25) is 11.7 Å². The van der Waals surface area contributed by atoms with E-state index in [2.05, 4.69) is 20.2 Å². The van der Waals surface area contributed by atoms with Crippen molar-refractivity contribution >= 4 is 5.52 Å². The summed E-state index contributed by atoms with van der Waals surface area (Å²) >= 11 is 0. The maximum absolute atomic E-state index is 15.2. The van der Waals surface area contributed by atoms with Crippen molar-refractivity contribution in [3.05, 3.63) is 54.9 Å². The van der Waals surface area contributed by atoms with Gasteiger partial charge in [0.1, 0.15) is 5.52 Å². The lowest BCUT2D eigenvalue weighted by Gasteiger charge is -2.08. The monoisotopic (exact) mass is 419 g/mol. The number of methoxy groups -OCH3 is 1. The largest absolute Gasteiger partial charge is 0.494 e. The third-order valence-electron chi connectivity index (χ3n) is 5.08. The van der Waals surface area contributed by atoms with Crippen LogP contribution in [0.2, 0.25) is 0 Å². The average molecular weight is 419 g/mol. The minimum Gasteiger partial charge on any atom is -0.494 e. The van der Waals surface area contributed by atoms with Crippen LogP contribution in [0.4, 0.5) is 4.39 Å². The summed E-state index contributed by atoms with van der Waals surface area (Å²) in [6, 6.07) is 6.67. The van der Waals surface area contributed by atoms with E-state index in [-0.39, 0.29) is 17.5 Å². The molecule has 0 bridgehead atoms. The molecular formula is C21H18FN7O2. The van der Waals surface area contributed by atoms with Crippen LogP contribution >= 0.6 is 0 Å². The summed E-state index contributed by atoms with van der Waals surface area (Å²) in [5, 5.41) is 19.8. The third kappa shape index (κ3) is 2.91. The zero-order valence-corrected chi connectivity index (χ0v) is 17.0. The molecule has 156 valence electrons. The Hall–Kier alpha value is -4.21.